The summed E-state index contributed by atoms with van der Waals surface area (Å²) >= 11 is 6.38. The molecule has 0 aliphatic rings. The maximum Gasteiger partial charge on any atom is 0.328 e. The minimum atomic E-state index is -0.733. The van der Waals surface area contributed by atoms with Crippen LogP contribution in [0, 0.1) is 6.92 Å². The van der Waals surface area contributed by atoms with Crippen molar-refractivity contribution in [2.75, 3.05) is 6.61 Å². The minimum Gasteiger partial charge on any atom is -0.464 e. The van der Waals surface area contributed by atoms with Crippen molar-refractivity contribution in [3.8, 4) is 11.3 Å². The van der Waals surface area contributed by atoms with E-state index in [-0.39, 0.29) is 26.0 Å². The lowest BCUT2D eigenvalue weighted by atomic mass is 10.0. The van der Waals surface area contributed by atoms with E-state index in [1.54, 1.807) is 6.92 Å². The van der Waals surface area contributed by atoms with Gasteiger partial charge in [0.2, 0.25) is 5.91 Å². The fraction of sp³-hybridized carbons (Fsp3) is 0.321. The van der Waals surface area contributed by atoms with Crippen molar-refractivity contribution in [3.63, 3.8) is 0 Å². The number of aryl methyl sites for hydroxylation is 3. The van der Waals surface area contributed by atoms with Gasteiger partial charge in [-0.15, -0.1) is 0 Å². The Morgan fingerprint density at radius 1 is 1.19 bits per heavy atom. The third kappa shape index (κ3) is 6.96. The van der Waals surface area contributed by atoms with Gasteiger partial charge in [0.05, 0.1) is 11.6 Å². The maximum atomic E-state index is 12.4. The zero-order valence-corrected chi connectivity index (χ0v) is 23.0. The van der Waals surface area contributed by atoms with Crippen molar-refractivity contribution < 1.29 is 18.8 Å². The van der Waals surface area contributed by atoms with Crippen LogP contribution in [-0.2, 0) is 33.7 Å². The zero-order chi connectivity index (χ0) is 25.7. The molecule has 7 nitrogen and oxygen atoms in total. The smallest absolute Gasteiger partial charge is 0.328 e. The third-order valence-electron chi connectivity index (χ3n) is 6.03. The molecule has 9 heteroatoms. The van der Waals surface area contributed by atoms with Crippen LogP contribution < -0.4 is 5.32 Å². The topological polar surface area (TPSA) is 86.4 Å². The molecule has 2 aromatic carbocycles. The van der Waals surface area contributed by atoms with E-state index in [1.165, 1.54) is 6.92 Å². The van der Waals surface area contributed by atoms with E-state index in [9.17, 15) is 9.59 Å². The highest BCUT2D eigenvalue weighted by Crippen LogP contribution is 2.29. The van der Waals surface area contributed by atoms with Crippen LogP contribution in [0.3, 0.4) is 0 Å². The minimum absolute atomic E-state index is 0. The summed E-state index contributed by atoms with van der Waals surface area (Å²) in [6, 6.07) is 15.1. The molecular weight excluding hydrogens is 510 g/mol. The molecular formula is C28H32ClN3O4S. The molecule has 37 heavy (non-hydrogen) atoms. The monoisotopic (exact) mass is 541 g/mol. The van der Waals surface area contributed by atoms with Gasteiger partial charge in [-0.1, -0.05) is 47.1 Å². The van der Waals surface area contributed by atoms with Crippen molar-refractivity contribution >= 4 is 47.9 Å². The molecule has 1 unspecified atom stereocenters. The molecule has 1 N–H and O–H groups in total. The van der Waals surface area contributed by atoms with Crippen molar-refractivity contribution in [1.82, 2.24) is 15.0 Å². The Balaban J connectivity index is 0.00000380. The number of carbonyl (C=O) groups excluding carboxylic acids is 2. The van der Waals surface area contributed by atoms with E-state index in [0.717, 1.165) is 58.4 Å². The number of ether oxygens (including phenoxy) is 1. The number of aromatic nitrogens is 2. The van der Waals surface area contributed by atoms with E-state index in [1.807, 2.05) is 49.4 Å². The highest BCUT2D eigenvalue weighted by Gasteiger charge is 2.23. The molecule has 4 aromatic rings. The average molecular weight is 542 g/mol. The Labute approximate surface area is 228 Å². The maximum absolute atomic E-state index is 12.4. The number of nitrogens with zero attached hydrogens (tertiary/aromatic N) is 2. The average Bonchev–Trinajstić information content (AvgIpc) is 3.44. The van der Waals surface area contributed by atoms with E-state index >= 15 is 0 Å². The van der Waals surface area contributed by atoms with Gasteiger partial charge in [0.1, 0.15) is 17.5 Å². The molecule has 2 aromatic heterocycles. The largest absolute Gasteiger partial charge is 0.464 e. The Kier molecular flexibility index (Phi) is 9.83. The lowest BCUT2D eigenvalue weighted by molar-refractivity contribution is -0.147. The second kappa shape index (κ2) is 12.8. The zero-order valence-electron chi connectivity index (χ0n) is 21.2. The number of para-hydroxylation sites is 1. The Morgan fingerprint density at radius 3 is 2.70 bits per heavy atom. The molecule has 196 valence electrons. The number of rotatable bonds is 10. The fourth-order valence-corrected chi connectivity index (χ4v) is 4.71. The number of esters is 1. The number of benzene rings is 2. The number of hydrogen-bond acceptors (Lipinski definition) is 5. The van der Waals surface area contributed by atoms with Crippen molar-refractivity contribution in [1.29, 1.82) is 0 Å². The van der Waals surface area contributed by atoms with Gasteiger partial charge in [-0.2, -0.15) is 13.5 Å². The SMILES string of the molecule is CCOC(=O)C(Cc1cn(CCCc2cc(-c3ccc(C)cc3Cl)no2)c2ccccc12)NC(C)=O.S. The van der Waals surface area contributed by atoms with Crippen LogP contribution in [0.15, 0.2) is 59.3 Å². The first-order chi connectivity index (χ1) is 17.4. The summed E-state index contributed by atoms with van der Waals surface area (Å²) in [5.74, 6) is 0.0980. The van der Waals surface area contributed by atoms with Crippen LogP contribution in [0.5, 0.6) is 0 Å². The lowest BCUT2D eigenvalue weighted by Gasteiger charge is -2.16. The number of halogens is 1. The molecule has 0 saturated heterocycles. The number of hydrogen-bond donors (Lipinski definition) is 1. The van der Waals surface area contributed by atoms with E-state index in [2.05, 4.69) is 27.3 Å². The van der Waals surface area contributed by atoms with Gasteiger partial charge in [-0.3, -0.25) is 4.79 Å². The summed E-state index contributed by atoms with van der Waals surface area (Å²) in [5.41, 5.74) is 4.73. The first-order valence-corrected chi connectivity index (χ1v) is 12.5. The van der Waals surface area contributed by atoms with Crippen LogP contribution in [0.4, 0.5) is 0 Å². The quantitative estimate of drug-likeness (QED) is 0.264. The van der Waals surface area contributed by atoms with Crippen molar-refractivity contribution in [2.45, 2.75) is 52.6 Å². The number of fused-ring (bicyclic) bond motifs is 1. The molecule has 0 saturated carbocycles. The number of carbonyl (C=O) groups is 2. The number of nitrogens with one attached hydrogen (secondary N) is 1. The molecule has 0 fully saturated rings. The van der Waals surface area contributed by atoms with Gasteiger partial charge in [0, 0.05) is 55.0 Å². The van der Waals surface area contributed by atoms with Gasteiger partial charge >= 0.3 is 5.97 Å². The summed E-state index contributed by atoms with van der Waals surface area (Å²) in [5, 5.41) is 8.63. The lowest BCUT2D eigenvalue weighted by Crippen LogP contribution is -2.42. The van der Waals surface area contributed by atoms with Gasteiger partial charge in [-0.25, -0.2) is 4.79 Å². The van der Waals surface area contributed by atoms with Gasteiger partial charge in [0.25, 0.3) is 0 Å². The highest BCUT2D eigenvalue weighted by molar-refractivity contribution is 7.59. The van der Waals surface area contributed by atoms with Gasteiger partial charge in [-0.05, 0) is 43.5 Å². The van der Waals surface area contributed by atoms with Crippen LogP contribution in [0.1, 0.15) is 37.2 Å². The van der Waals surface area contributed by atoms with Crippen LogP contribution in [-0.4, -0.2) is 34.2 Å². The molecule has 0 bridgehead atoms. The fourth-order valence-electron chi connectivity index (χ4n) is 4.38. The van der Waals surface area contributed by atoms with Crippen LogP contribution >= 0.6 is 25.1 Å². The molecule has 1 atom stereocenters. The normalized spacial score (nSPS) is 11.7. The van der Waals surface area contributed by atoms with Gasteiger partial charge < -0.3 is 19.1 Å². The molecule has 0 aliphatic carbocycles. The summed E-state index contributed by atoms with van der Waals surface area (Å²) in [6.07, 6.45) is 3.96. The summed E-state index contributed by atoms with van der Waals surface area (Å²) in [6.45, 7) is 6.16. The molecule has 2 heterocycles. The first kappa shape index (κ1) is 28.3. The predicted molar refractivity (Wildman–Crippen MR) is 150 cm³/mol. The van der Waals surface area contributed by atoms with Crippen molar-refractivity contribution in [2.24, 2.45) is 0 Å². The van der Waals surface area contributed by atoms with Crippen LogP contribution in [0.2, 0.25) is 5.02 Å². The van der Waals surface area contributed by atoms with Crippen molar-refractivity contribution in [3.05, 3.63) is 76.6 Å². The van der Waals surface area contributed by atoms with E-state index < -0.39 is 12.0 Å². The summed E-state index contributed by atoms with van der Waals surface area (Å²) in [4.78, 5) is 24.1. The Morgan fingerprint density at radius 2 is 1.97 bits per heavy atom. The first-order valence-electron chi connectivity index (χ1n) is 12.1. The second-order valence-electron chi connectivity index (χ2n) is 8.84. The third-order valence-corrected chi connectivity index (χ3v) is 6.34. The summed E-state index contributed by atoms with van der Waals surface area (Å²) < 4.78 is 12.9. The predicted octanol–water partition coefficient (Wildman–Crippen LogP) is 5.61. The molecule has 0 spiro atoms. The Bertz CT molecular complexity index is 1380. The standard InChI is InChI=1S/C28H30ClN3O4.H2S/c1-4-35-28(34)26(30-19(3)33)15-20-17-32(27-10-6-5-9-22(20)27)13-7-8-21-16-25(31-36-21)23-12-11-18(2)14-24(23)29;/h5-6,9-12,14,16-17,26H,4,7-8,13,15H2,1-3H3,(H,30,33);1H2. The molecule has 0 aliphatic heterocycles. The summed E-state index contributed by atoms with van der Waals surface area (Å²) in [7, 11) is 0. The molecule has 4 rings (SSSR count). The number of amides is 1. The highest BCUT2D eigenvalue weighted by atomic mass is 35.5. The van der Waals surface area contributed by atoms with Gasteiger partial charge in [0.15, 0.2) is 0 Å². The van der Waals surface area contributed by atoms with E-state index in [0.29, 0.717) is 11.4 Å². The molecule has 1 amide bonds. The second-order valence-corrected chi connectivity index (χ2v) is 9.25. The molecule has 0 radical (unpaired) electrons. The Hall–Kier alpha value is -3.23. The van der Waals surface area contributed by atoms with E-state index in [4.69, 9.17) is 20.9 Å². The van der Waals surface area contributed by atoms with Crippen LogP contribution in [0.25, 0.3) is 22.2 Å².